The molecule has 2 unspecified atom stereocenters. The molecule has 2 atom stereocenters. The van der Waals surface area contributed by atoms with Crippen LogP contribution in [0.4, 0.5) is 0 Å². The van der Waals surface area contributed by atoms with Gasteiger partial charge in [0.05, 0.1) is 0 Å². The summed E-state index contributed by atoms with van der Waals surface area (Å²) < 4.78 is 0. The third-order valence-electron chi connectivity index (χ3n) is 3.95. The van der Waals surface area contributed by atoms with Crippen LogP contribution >= 0.6 is 11.8 Å². The highest BCUT2D eigenvalue weighted by molar-refractivity contribution is 7.98. The van der Waals surface area contributed by atoms with Gasteiger partial charge in [0.15, 0.2) is 0 Å². The van der Waals surface area contributed by atoms with Gasteiger partial charge in [0, 0.05) is 18.0 Å². The van der Waals surface area contributed by atoms with Crippen molar-refractivity contribution in [2.75, 3.05) is 19.4 Å². The molecule has 0 aromatic heterocycles. The van der Waals surface area contributed by atoms with Crippen LogP contribution in [0.3, 0.4) is 0 Å². The van der Waals surface area contributed by atoms with E-state index in [1.807, 2.05) is 0 Å². The fourth-order valence-electron chi connectivity index (χ4n) is 2.77. The van der Waals surface area contributed by atoms with Gasteiger partial charge >= 0.3 is 0 Å². The Morgan fingerprint density at radius 1 is 1.22 bits per heavy atom. The normalized spacial score (nSPS) is 23.4. The summed E-state index contributed by atoms with van der Waals surface area (Å²) in [6.45, 7) is 2.33. The number of aliphatic hydroxyl groups excluding tert-OH is 1. The molecule has 18 heavy (non-hydrogen) atoms. The molecular formula is C15H23NOS. The van der Waals surface area contributed by atoms with Crippen LogP contribution in [0.2, 0.25) is 0 Å². The Labute approximate surface area is 114 Å². The largest absolute Gasteiger partial charge is 0.396 e. The van der Waals surface area contributed by atoms with Crippen molar-refractivity contribution in [3.05, 3.63) is 29.8 Å². The number of nitrogens with one attached hydrogen (secondary N) is 1. The van der Waals surface area contributed by atoms with Crippen molar-refractivity contribution in [1.29, 1.82) is 0 Å². The summed E-state index contributed by atoms with van der Waals surface area (Å²) in [5.41, 5.74) is 1.34. The highest BCUT2D eigenvalue weighted by atomic mass is 32.2. The molecule has 1 aliphatic carbocycles. The molecule has 0 heterocycles. The number of thioether (sulfide) groups is 1. The van der Waals surface area contributed by atoms with Crippen LogP contribution in [0.1, 0.15) is 24.8 Å². The zero-order chi connectivity index (χ0) is 12.8. The van der Waals surface area contributed by atoms with Crippen molar-refractivity contribution in [2.24, 2.45) is 11.8 Å². The van der Waals surface area contributed by atoms with Crippen LogP contribution in [0.15, 0.2) is 29.2 Å². The molecule has 0 amide bonds. The molecule has 0 saturated heterocycles. The molecule has 1 aliphatic rings. The first-order chi connectivity index (χ1) is 8.83. The summed E-state index contributed by atoms with van der Waals surface area (Å²) in [6, 6.07) is 8.73. The monoisotopic (exact) mass is 265 g/mol. The van der Waals surface area contributed by atoms with Crippen molar-refractivity contribution in [2.45, 2.75) is 30.7 Å². The first-order valence-corrected chi connectivity index (χ1v) is 8.00. The van der Waals surface area contributed by atoms with E-state index < -0.39 is 0 Å². The molecule has 2 nitrogen and oxygen atoms in total. The zero-order valence-corrected chi connectivity index (χ0v) is 11.9. The van der Waals surface area contributed by atoms with E-state index in [1.165, 1.54) is 29.7 Å². The summed E-state index contributed by atoms with van der Waals surface area (Å²) in [7, 11) is 0. The second kappa shape index (κ2) is 7.17. The van der Waals surface area contributed by atoms with Crippen LogP contribution in [0, 0.1) is 11.8 Å². The molecule has 0 bridgehead atoms. The Morgan fingerprint density at radius 3 is 2.61 bits per heavy atom. The summed E-state index contributed by atoms with van der Waals surface area (Å²) in [5, 5.41) is 12.8. The van der Waals surface area contributed by atoms with Gasteiger partial charge in [-0.25, -0.2) is 0 Å². The topological polar surface area (TPSA) is 32.3 Å². The molecule has 1 aromatic carbocycles. The van der Waals surface area contributed by atoms with Crippen molar-refractivity contribution in [3.8, 4) is 0 Å². The van der Waals surface area contributed by atoms with E-state index in [0.717, 1.165) is 13.1 Å². The maximum atomic E-state index is 9.28. The quantitative estimate of drug-likeness (QED) is 0.776. The second-order valence-electron chi connectivity index (χ2n) is 5.11. The predicted molar refractivity (Wildman–Crippen MR) is 77.8 cm³/mol. The van der Waals surface area contributed by atoms with Crippen molar-refractivity contribution < 1.29 is 5.11 Å². The Bertz CT molecular complexity index is 352. The van der Waals surface area contributed by atoms with Gasteiger partial charge in [0.1, 0.15) is 0 Å². The van der Waals surface area contributed by atoms with Crippen LogP contribution in [0.25, 0.3) is 0 Å². The van der Waals surface area contributed by atoms with Gasteiger partial charge in [-0.15, -0.1) is 11.8 Å². The highest BCUT2D eigenvalue weighted by Crippen LogP contribution is 2.30. The van der Waals surface area contributed by atoms with Gasteiger partial charge in [0.2, 0.25) is 0 Å². The van der Waals surface area contributed by atoms with Gasteiger partial charge in [-0.3, -0.25) is 0 Å². The summed E-state index contributed by atoms with van der Waals surface area (Å²) in [4.78, 5) is 1.31. The standard InChI is InChI=1S/C15H23NOS/c1-18-15-7-5-12(6-8-15)9-16-10-13-3-2-4-14(13)11-17/h5-8,13-14,16-17H,2-4,9-11H2,1H3. The molecule has 1 fully saturated rings. The summed E-state index contributed by atoms with van der Waals surface area (Å²) >= 11 is 1.78. The molecule has 0 radical (unpaired) electrons. The SMILES string of the molecule is CSc1ccc(CNCC2CCCC2CO)cc1. The van der Waals surface area contributed by atoms with Gasteiger partial charge < -0.3 is 10.4 Å². The molecule has 0 spiro atoms. The number of benzene rings is 1. The van der Waals surface area contributed by atoms with Crippen molar-refractivity contribution >= 4 is 11.8 Å². The van der Waals surface area contributed by atoms with Gasteiger partial charge in [-0.05, 0) is 55.2 Å². The smallest absolute Gasteiger partial charge is 0.0462 e. The maximum Gasteiger partial charge on any atom is 0.0462 e. The Hall–Kier alpha value is -0.510. The molecule has 1 saturated carbocycles. The van der Waals surface area contributed by atoms with Crippen LogP contribution in [0.5, 0.6) is 0 Å². The van der Waals surface area contributed by atoms with Crippen molar-refractivity contribution in [3.63, 3.8) is 0 Å². The van der Waals surface area contributed by atoms with Gasteiger partial charge in [-0.2, -0.15) is 0 Å². The van der Waals surface area contributed by atoms with E-state index in [9.17, 15) is 5.11 Å². The van der Waals surface area contributed by atoms with E-state index in [-0.39, 0.29) is 0 Å². The third kappa shape index (κ3) is 3.74. The van der Waals surface area contributed by atoms with E-state index in [4.69, 9.17) is 0 Å². The fraction of sp³-hybridized carbons (Fsp3) is 0.600. The van der Waals surface area contributed by atoms with Crippen LogP contribution in [-0.2, 0) is 6.54 Å². The fourth-order valence-corrected chi connectivity index (χ4v) is 3.18. The lowest BCUT2D eigenvalue weighted by Gasteiger charge is -2.17. The number of hydrogen-bond acceptors (Lipinski definition) is 3. The number of rotatable bonds is 6. The van der Waals surface area contributed by atoms with Crippen molar-refractivity contribution in [1.82, 2.24) is 5.32 Å². The third-order valence-corrected chi connectivity index (χ3v) is 4.69. The average Bonchev–Trinajstić information content (AvgIpc) is 2.87. The first kappa shape index (κ1) is 13.9. The van der Waals surface area contributed by atoms with Crippen LogP contribution < -0.4 is 5.32 Å². The lowest BCUT2D eigenvalue weighted by molar-refractivity contribution is 0.192. The van der Waals surface area contributed by atoms with Gasteiger partial charge in [0.25, 0.3) is 0 Å². The average molecular weight is 265 g/mol. The van der Waals surface area contributed by atoms with E-state index in [2.05, 4.69) is 35.8 Å². The van der Waals surface area contributed by atoms with E-state index in [1.54, 1.807) is 11.8 Å². The van der Waals surface area contributed by atoms with E-state index >= 15 is 0 Å². The Balaban J connectivity index is 1.74. The number of aliphatic hydroxyl groups is 1. The Morgan fingerprint density at radius 2 is 1.94 bits per heavy atom. The predicted octanol–water partition coefficient (Wildman–Crippen LogP) is 2.91. The summed E-state index contributed by atoms with van der Waals surface area (Å²) in [5.74, 6) is 1.19. The van der Waals surface area contributed by atoms with Crippen LogP contribution in [-0.4, -0.2) is 24.5 Å². The minimum Gasteiger partial charge on any atom is -0.396 e. The molecular weight excluding hydrogens is 242 g/mol. The molecule has 100 valence electrons. The lowest BCUT2D eigenvalue weighted by atomic mass is 9.97. The molecule has 2 rings (SSSR count). The first-order valence-electron chi connectivity index (χ1n) is 6.78. The highest BCUT2D eigenvalue weighted by Gasteiger charge is 2.25. The maximum absolute atomic E-state index is 9.28. The zero-order valence-electron chi connectivity index (χ0n) is 11.1. The molecule has 3 heteroatoms. The molecule has 1 aromatic rings. The van der Waals surface area contributed by atoms with Gasteiger partial charge in [-0.1, -0.05) is 18.6 Å². The molecule has 2 N–H and O–H groups in total. The Kier molecular flexibility index (Phi) is 5.54. The number of hydrogen-bond donors (Lipinski definition) is 2. The minimum absolute atomic E-state index is 0.356. The lowest BCUT2D eigenvalue weighted by Crippen LogP contribution is -2.26. The summed E-state index contributed by atoms with van der Waals surface area (Å²) in [6.07, 6.45) is 5.84. The molecule has 0 aliphatic heterocycles. The minimum atomic E-state index is 0.356. The second-order valence-corrected chi connectivity index (χ2v) is 5.99. The van der Waals surface area contributed by atoms with E-state index in [0.29, 0.717) is 18.4 Å².